The van der Waals surface area contributed by atoms with Crippen molar-refractivity contribution < 1.29 is 28.6 Å². The minimum absolute atomic E-state index is 0.0908. The fraction of sp³-hybridized carbons (Fsp3) is 0.671. The van der Waals surface area contributed by atoms with Gasteiger partial charge in [0, 0.05) is 19.3 Å². The fourth-order valence-corrected chi connectivity index (χ4v) is 9.32. The molecule has 0 aliphatic heterocycles. The average molecular weight is 1140 g/mol. The largest absolute Gasteiger partial charge is 0.462 e. The van der Waals surface area contributed by atoms with E-state index in [4.69, 9.17) is 14.2 Å². The lowest BCUT2D eigenvalue weighted by Crippen LogP contribution is -2.30. The van der Waals surface area contributed by atoms with Crippen molar-refractivity contribution in [3.05, 3.63) is 134 Å². The number of carbonyl (C=O) groups is 3. The van der Waals surface area contributed by atoms with E-state index in [9.17, 15) is 14.4 Å². The molecule has 0 saturated carbocycles. The van der Waals surface area contributed by atoms with Gasteiger partial charge in [-0.05, 0) is 135 Å². The van der Waals surface area contributed by atoms with E-state index in [1.54, 1.807) is 0 Å². The molecule has 0 N–H and O–H groups in total. The van der Waals surface area contributed by atoms with Crippen LogP contribution in [0.3, 0.4) is 0 Å². The van der Waals surface area contributed by atoms with Crippen molar-refractivity contribution in [1.29, 1.82) is 0 Å². The molecule has 0 aliphatic rings. The van der Waals surface area contributed by atoms with Crippen LogP contribution >= 0.6 is 0 Å². The molecule has 0 rings (SSSR count). The number of carbonyl (C=O) groups excluding carboxylic acids is 3. The maximum absolute atomic E-state index is 12.9. The minimum Gasteiger partial charge on any atom is -0.462 e. The molecule has 6 nitrogen and oxygen atoms in total. The first-order valence-electron chi connectivity index (χ1n) is 34.2. The molecule has 1 unspecified atom stereocenters. The van der Waals surface area contributed by atoms with Crippen LogP contribution in [-0.2, 0) is 28.6 Å². The highest BCUT2D eigenvalue weighted by molar-refractivity contribution is 5.71. The highest BCUT2D eigenvalue weighted by atomic mass is 16.6. The van der Waals surface area contributed by atoms with Crippen LogP contribution in [0.5, 0.6) is 0 Å². The molecule has 0 radical (unpaired) electrons. The number of unbranched alkanes of at least 4 members (excludes halogenated alkanes) is 28. The van der Waals surface area contributed by atoms with Gasteiger partial charge in [-0.1, -0.05) is 289 Å². The van der Waals surface area contributed by atoms with Gasteiger partial charge in [0.1, 0.15) is 13.2 Å². The maximum atomic E-state index is 12.9. The van der Waals surface area contributed by atoms with Crippen LogP contribution in [0.4, 0.5) is 0 Å². The predicted octanol–water partition coefficient (Wildman–Crippen LogP) is 23.7. The molecular formula is C76H126O6. The van der Waals surface area contributed by atoms with Crippen molar-refractivity contribution in [1.82, 2.24) is 0 Å². The highest BCUT2D eigenvalue weighted by Crippen LogP contribution is 2.16. The topological polar surface area (TPSA) is 78.9 Å². The van der Waals surface area contributed by atoms with Gasteiger partial charge in [0.15, 0.2) is 6.10 Å². The van der Waals surface area contributed by atoms with Gasteiger partial charge in [0.25, 0.3) is 0 Å². The summed E-state index contributed by atoms with van der Waals surface area (Å²) < 4.78 is 16.9. The summed E-state index contributed by atoms with van der Waals surface area (Å²) >= 11 is 0. The molecule has 0 bridgehead atoms. The number of esters is 3. The van der Waals surface area contributed by atoms with Gasteiger partial charge in [0.05, 0.1) is 0 Å². The van der Waals surface area contributed by atoms with Gasteiger partial charge < -0.3 is 14.2 Å². The van der Waals surface area contributed by atoms with E-state index in [1.807, 2.05) is 0 Å². The van der Waals surface area contributed by atoms with Crippen LogP contribution < -0.4 is 0 Å². The standard InChI is InChI=1S/C76H126O6/c1-4-7-10-13-16-19-22-25-28-30-32-33-34-35-36-37-38-39-40-41-42-43-44-46-48-51-54-57-60-63-66-69-75(78)81-72-73(71-80-74(77)68-65-62-59-56-53-50-47-27-24-21-18-15-12-9-6-3)82-76(79)70-67-64-61-58-55-52-49-45-31-29-26-23-20-17-14-11-8-5-2/h7,9-10,12,16,18-19,21,25,27-29,31-33,35-36,38-39,41-42,47,73H,4-6,8,11,13-15,17,20,22-24,26,30,34,37,40,43-46,48-72H2,1-3H3/b10-7-,12-9-,19-16-,21-18-,28-25-,31-29-,33-32-,36-35-,39-38-,42-41-,47-27-. The molecule has 0 saturated heterocycles. The van der Waals surface area contributed by atoms with E-state index >= 15 is 0 Å². The maximum Gasteiger partial charge on any atom is 0.306 e. The van der Waals surface area contributed by atoms with Crippen molar-refractivity contribution >= 4 is 17.9 Å². The summed E-state index contributed by atoms with van der Waals surface area (Å²) in [6.45, 7) is 6.41. The average Bonchev–Trinajstić information content (AvgIpc) is 3.47. The van der Waals surface area contributed by atoms with E-state index in [1.165, 1.54) is 122 Å². The van der Waals surface area contributed by atoms with Gasteiger partial charge >= 0.3 is 17.9 Å². The second kappa shape index (κ2) is 69.0. The third-order valence-electron chi connectivity index (χ3n) is 14.4. The Balaban J connectivity index is 4.34. The molecular weight excluding hydrogens is 1010 g/mol. The molecule has 0 amide bonds. The van der Waals surface area contributed by atoms with Crippen LogP contribution in [0.1, 0.15) is 310 Å². The number of hydrogen-bond acceptors (Lipinski definition) is 6. The number of allylic oxidation sites excluding steroid dienone is 22. The fourth-order valence-electron chi connectivity index (χ4n) is 9.32. The normalized spacial score (nSPS) is 13.0. The second-order valence-corrected chi connectivity index (χ2v) is 22.3. The Kier molecular flexibility index (Phi) is 65.3. The number of hydrogen-bond donors (Lipinski definition) is 0. The Hall–Kier alpha value is -4.45. The Bertz CT molecular complexity index is 1730. The smallest absolute Gasteiger partial charge is 0.306 e. The zero-order chi connectivity index (χ0) is 59.2. The van der Waals surface area contributed by atoms with E-state index in [2.05, 4.69) is 154 Å². The van der Waals surface area contributed by atoms with Gasteiger partial charge in [0.2, 0.25) is 0 Å². The van der Waals surface area contributed by atoms with Crippen molar-refractivity contribution in [2.24, 2.45) is 0 Å². The molecule has 0 fully saturated rings. The molecule has 0 aromatic heterocycles. The third kappa shape index (κ3) is 66.4. The quantitative estimate of drug-likeness (QED) is 0.0261. The SMILES string of the molecule is CC/C=C\C/C=C\C/C=C\C/C=C\C/C=C\C/C=C\C/C=C\CCCCCCCCCCCC(=O)OCC(COC(=O)CCCCCCC/C=C\C/C=C\C/C=C\CC)OC(=O)CCCCCCCCC/C=C\CCCCCCCCC. The van der Waals surface area contributed by atoms with Crippen LogP contribution in [-0.4, -0.2) is 37.2 Å². The Labute approximate surface area is 506 Å². The summed E-state index contributed by atoms with van der Waals surface area (Å²) in [5.74, 6) is -0.911. The first-order valence-corrected chi connectivity index (χ1v) is 34.2. The van der Waals surface area contributed by atoms with E-state index in [0.717, 1.165) is 148 Å². The van der Waals surface area contributed by atoms with Crippen molar-refractivity contribution in [2.45, 2.75) is 316 Å². The summed E-state index contributed by atoms with van der Waals surface area (Å²) in [6, 6.07) is 0. The van der Waals surface area contributed by atoms with Crippen molar-refractivity contribution in [3.8, 4) is 0 Å². The minimum atomic E-state index is -0.796. The summed E-state index contributed by atoms with van der Waals surface area (Å²) in [7, 11) is 0. The summed E-state index contributed by atoms with van der Waals surface area (Å²) in [4.78, 5) is 38.4. The molecule has 1 atom stereocenters. The molecule has 0 aromatic rings. The molecule has 0 aromatic carbocycles. The Morgan fingerprint density at radius 3 is 0.756 bits per heavy atom. The molecule has 466 valence electrons. The van der Waals surface area contributed by atoms with Crippen molar-refractivity contribution in [3.63, 3.8) is 0 Å². The van der Waals surface area contributed by atoms with Crippen LogP contribution in [0.25, 0.3) is 0 Å². The van der Waals surface area contributed by atoms with E-state index in [-0.39, 0.29) is 31.1 Å². The molecule has 0 heterocycles. The molecule has 82 heavy (non-hydrogen) atoms. The molecule has 6 heteroatoms. The number of ether oxygens (including phenoxy) is 3. The highest BCUT2D eigenvalue weighted by Gasteiger charge is 2.19. The third-order valence-corrected chi connectivity index (χ3v) is 14.4. The van der Waals surface area contributed by atoms with Crippen LogP contribution in [0.2, 0.25) is 0 Å². The lowest BCUT2D eigenvalue weighted by atomic mass is 10.1. The van der Waals surface area contributed by atoms with Crippen LogP contribution in [0.15, 0.2) is 134 Å². The first kappa shape index (κ1) is 77.5. The molecule has 0 spiro atoms. The zero-order valence-corrected chi connectivity index (χ0v) is 53.5. The summed E-state index contributed by atoms with van der Waals surface area (Å²) in [5.41, 5.74) is 0. The monoisotopic (exact) mass is 1130 g/mol. The summed E-state index contributed by atoms with van der Waals surface area (Å²) in [5, 5.41) is 0. The second-order valence-electron chi connectivity index (χ2n) is 22.3. The first-order chi connectivity index (χ1) is 40.5. The van der Waals surface area contributed by atoms with Crippen LogP contribution in [0, 0.1) is 0 Å². The Morgan fingerprint density at radius 1 is 0.256 bits per heavy atom. The van der Waals surface area contributed by atoms with E-state index in [0.29, 0.717) is 19.3 Å². The zero-order valence-electron chi connectivity index (χ0n) is 53.5. The Morgan fingerprint density at radius 2 is 0.476 bits per heavy atom. The summed E-state index contributed by atoms with van der Waals surface area (Å²) in [6.07, 6.45) is 97.5. The lowest BCUT2D eigenvalue weighted by Gasteiger charge is -2.18. The van der Waals surface area contributed by atoms with Gasteiger partial charge in [-0.3, -0.25) is 14.4 Å². The molecule has 0 aliphatic carbocycles. The van der Waals surface area contributed by atoms with Gasteiger partial charge in [-0.15, -0.1) is 0 Å². The number of rotatable bonds is 61. The van der Waals surface area contributed by atoms with Gasteiger partial charge in [-0.25, -0.2) is 0 Å². The van der Waals surface area contributed by atoms with Gasteiger partial charge in [-0.2, -0.15) is 0 Å². The lowest BCUT2D eigenvalue weighted by molar-refractivity contribution is -0.167. The van der Waals surface area contributed by atoms with Crippen molar-refractivity contribution in [2.75, 3.05) is 13.2 Å². The predicted molar refractivity (Wildman–Crippen MR) is 357 cm³/mol. The van der Waals surface area contributed by atoms with E-state index < -0.39 is 6.10 Å².